The predicted molar refractivity (Wildman–Crippen MR) is 40.9 cm³/mol. The molecule has 0 saturated carbocycles. The normalized spacial score (nSPS) is 11.8. The first kappa shape index (κ1) is 7.92. The van der Waals surface area contributed by atoms with Crippen molar-refractivity contribution in [3.8, 4) is 0 Å². The molecule has 0 aromatic rings. The number of hydrogen-bond acceptors (Lipinski definition) is 1. The minimum atomic E-state index is 0.635. The van der Waals surface area contributed by atoms with Crippen molar-refractivity contribution in [2.45, 2.75) is 6.42 Å². The van der Waals surface area contributed by atoms with Gasteiger partial charge < -0.3 is 5.73 Å². The first-order chi connectivity index (χ1) is 3.91. The summed E-state index contributed by atoms with van der Waals surface area (Å²) in [6.45, 7) is 0.635. The number of nitrogens with two attached hydrogens (primary N) is 1. The molecule has 0 aliphatic rings. The van der Waals surface area contributed by atoms with Crippen LogP contribution in [0.3, 0.4) is 0 Å². The fourth-order valence-corrected chi connectivity index (χ4v) is 0.538. The molecule has 0 spiro atoms. The molecule has 0 bridgehead atoms. The van der Waals surface area contributed by atoms with E-state index in [0.29, 0.717) is 6.54 Å². The van der Waals surface area contributed by atoms with Gasteiger partial charge in [-0.1, -0.05) is 34.2 Å². The van der Waals surface area contributed by atoms with Gasteiger partial charge in [0.25, 0.3) is 0 Å². The molecule has 0 unspecified atom stereocenters. The first-order valence-corrected chi connectivity index (χ1v) is 3.43. The van der Waals surface area contributed by atoms with Crippen molar-refractivity contribution in [3.05, 3.63) is 23.2 Å². The highest BCUT2D eigenvalue weighted by Gasteiger charge is 1.65. The van der Waals surface area contributed by atoms with E-state index in [-0.39, 0.29) is 0 Å². The van der Waals surface area contributed by atoms with Crippen LogP contribution in [0, 0.1) is 0 Å². The molecule has 0 aliphatic carbocycles. The zero-order valence-electron chi connectivity index (χ0n) is 4.68. The van der Waals surface area contributed by atoms with Gasteiger partial charge in [-0.3, -0.25) is 0 Å². The lowest BCUT2D eigenvalue weighted by Gasteiger charge is -1.77. The topological polar surface area (TPSA) is 26.0 Å². The summed E-state index contributed by atoms with van der Waals surface area (Å²) in [4.78, 5) is 1.84. The molecule has 0 atom stereocenters. The summed E-state index contributed by atoms with van der Waals surface area (Å²) in [5, 5.41) is 0. The van der Waals surface area contributed by atoms with Crippen LogP contribution < -0.4 is 5.73 Å². The van der Waals surface area contributed by atoms with E-state index in [9.17, 15) is 0 Å². The van der Waals surface area contributed by atoms with Crippen LogP contribution in [0.1, 0.15) is 6.42 Å². The Morgan fingerprint density at radius 3 is 2.50 bits per heavy atom. The van der Waals surface area contributed by atoms with E-state index >= 15 is 0 Å². The summed E-state index contributed by atoms with van der Waals surface area (Å²) < 4.78 is 0. The van der Waals surface area contributed by atoms with E-state index in [0.717, 1.165) is 6.42 Å². The fraction of sp³-hybridized carbons (Fsp3) is 0.333. The highest BCUT2D eigenvalue weighted by molar-refractivity contribution is 9.11. The molecule has 0 saturated heterocycles. The Balaban J connectivity index is 3.03. The van der Waals surface area contributed by atoms with Crippen LogP contribution in [-0.4, -0.2) is 6.54 Å². The molecule has 0 heterocycles. The Morgan fingerprint density at radius 2 is 2.00 bits per heavy atom. The minimum absolute atomic E-state index is 0.635. The summed E-state index contributed by atoms with van der Waals surface area (Å²) in [5.74, 6) is 0. The molecule has 0 rings (SSSR count). The van der Waals surface area contributed by atoms with Crippen LogP contribution in [0.4, 0.5) is 0 Å². The van der Waals surface area contributed by atoms with E-state index < -0.39 is 0 Å². The molecule has 0 radical (unpaired) electrons. The molecule has 2 heteroatoms. The largest absolute Gasteiger partial charge is 0.327 e. The summed E-state index contributed by atoms with van der Waals surface area (Å²) in [6.07, 6.45) is 6.93. The molecule has 0 aromatic heterocycles. The van der Waals surface area contributed by atoms with Crippen molar-refractivity contribution in [3.63, 3.8) is 0 Å². The van der Waals surface area contributed by atoms with Crippen molar-refractivity contribution in [2.75, 3.05) is 6.54 Å². The third-order valence-electron chi connectivity index (χ3n) is 0.664. The smallest absolute Gasteiger partial charge is 0.0106 e. The minimum Gasteiger partial charge on any atom is -0.327 e. The first-order valence-electron chi connectivity index (χ1n) is 2.52. The highest BCUT2D eigenvalue weighted by Crippen LogP contribution is 1.88. The number of halogens is 1. The zero-order valence-corrected chi connectivity index (χ0v) is 6.26. The Labute approximate surface area is 58.4 Å². The Morgan fingerprint density at radius 1 is 1.25 bits per heavy atom. The third kappa shape index (κ3) is 5.92. The summed E-state index contributed by atoms with van der Waals surface area (Å²) in [6, 6.07) is 0. The summed E-state index contributed by atoms with van der Waals surface area (Å²) in [7, 11) is 0. The Kier molecular flexibility index (Phi) is 6.85. The van der Waals surface area contributed by atoms with Gasteiger partial charge in [0.2, 0.25) is 0 Å². The van der Waals surface area contributed by atoms with Crippen molar-refractivity contribution < 1.29 is 0 Å². The predicted octanol–water partition coefficient (Wildman–Crippen LogP) is 1.80. The molecular weight excluding hydrogens is 166 g/mol. The SMILES string of the molecule is NCC=CCC=CBr. The van der Waals surface area contributed by atoms with Gasteiger partial charge in [0.1, 0.15) is 0 Å². The second kappa shape index (κ2) is 6.92. The second-order valence-corrected chi connectivity index (χ2v) is 1.83. The van der Waals surface area contributed by atoms with Gasteiger partial charge in [-0.15, -0.1) is 0 Å². The quantitative estimate of drug-likeness (QED) is 0.652. The molecule has 0 aliphatic heterocycles. The molecule has 8 heavy (non-hydrogen) atoms. The second-order valence-electron chi connectivity index (χ2n) is 1.30. The molecule has 0 fully saturated rings. The molecule has 0 amide bonds. The van der Waals surface area contributed by atoms with E-state index in [4.69, 9.17) is 5.73 Å². The maximum atomic E-state index is 5.19. The zero-order chi connectivity index (χ0) is 6.24. The van der Waals surface area contributed by atoms with Crippen molar-refractivity contribution >= 4 is 15.9 Å². The van der Waals surface area contributed by atoms with Crippen LogP contribution >= 0.6 is 15.9 Å². The van der Waals surface area contributed by atoms with E-state index in [1.54, 1.807) is 0 Å². The van der Waals surface area contributed by atoms with Crippen LogP contribution in [0.15, 0.2) is 23.2 Å². The Hall–Kier alpha value is -0.0800. The molecule has 2 N–H and O–H groups in total. The standard InChI is InChI=1S/C6H10BrN/c7-5-3-1-2-4-6-8/h2-5H,1,6,8H2. The van der Waals surface area contributed by atoms with Gasteiger partial charge in [-0.05, 0) is 11.4 Å². The molecular formula is C6H10BrN. The van der Waals surface area contributed by atoms with Gasteiger partial charge in [-0.25, -0.2) is 0 Å². The van der Waals surface area contributed by atoms with E-state index in [1.165, 1.54) is 0 Å². The molecule has 46 valence electrons. The lowest BCUT2D eigenvalue weighted by molar-refractivity contribution is 1.23. The van der Waals surface area contributed by atoms with Crippen molar-refractivity contribution in [2.24, 2.45) is 5.73 Å². The summed E-state index contributed by atoms with van der Waals surface area (Å²) >= 11 is 3.16. The average Bonchev–Trinajstić information content (AvgIpc) is 1.81. The maximum absolute atomic E-state index is 5.19. The Bertz CT molecular complexity index is 86.5. The van der Waals surface area contributed by atoms with Gasteiger partial charge in [-0.2, -0.15) is 0 Å². The van der Waals surface area contributed by atoms with Gasteiger partial charge in [0.05, 0.1) is 0 Å². The molecule has 1 nitrogen and oxygen atoms in total. The fourth-order valence-electron chi connectivity index (χ4n) is 0.322. The van der Waals surface area contributed by atoms with Gasteiger partial charge in [0.15, 0.2) is 0 Å². The summed E-state index contributed by atoms with van der Waals surface area (Å²) in [5.41, 5.74) is 5.19. The number of allylic oxidation sites excluding steroid dienone is 2. The number of rotatable bonds is 3. The van der Waals surface area contributed by atoms with Crippen LogP contribution in [0.2, 0.25) is 0 Å². The van der Waals surface area contributed by atoms with Crippen LogP contribution in [0.25, 0.3) is 0 Å². The highest BCUT2D eigenvalue weighted by atomic mass is 79.9. The van der Waals surface area contributed by atoms with Crippen LogP contribution in [0.5, 0.6) is 0 Å². The van der Waals surface area contributed by atoms with Crippen molar-refractivity contribution in [1.82, 2.24) is 0 Å². The van der Waals surface area contributed by atoms with E-state index in [1.807, 2.05) is 23.2 Å². The molecule has 0 aromatic carbocycles. The van der Waals surface area contributed by atoms with Gasteiger partial charge >= 0.3 is 0 Å². The van der Waals surface area contributed by atoms with E-state index in [2.05, 4.69) is 15.9 Å². The third-order valence-corrected chi connectivity index (χ3v) is 1.04. The maximum Gasteiger partial charge on any atom is 0.0106 e. The monoisotopic (exact) mass is 175 g/mol. The lowest BCUT2D eigenvalue weighted by atomic mass is 10.4. The van der Waals surface area contributed by atoms with Crippen molar-refractivity contribution in [1.29, 1.82) is 0 Å². The lowest BCUT2D eigenvalue weighted by Crippen LogP contribution is -1.91. The van der Waals surface area contributed by atoms with Gasteiger partial charge in [0, 0.05) is 6.54 Å². The number of hydrogen-bond donors (Lipinski definition) is 1. The average molecular weight is 176 g/mol. The van der Waals surface area contributed by atoms with Crippen LogP contribution in [-0.2, 0) is 0 Å².